The minimum absolute atomic E-state index is 0.0979. The van der Waals surface area contributed by atoms with Gasteiger partial charge in [0.2, 0.25) is 11.8 Å². The number of aliphatic imine (C=N–C) groups is 1. The van der Waals surface area contributed by atoms with E-state index in [0.29, 0.717) is 17.4 Å². The number of aryl methyl sites for hydroxylation is 2. The van der Waals surface area contributed by atoms with Gasteiger partial charge in [-0.15, -0.1) is 0 Å². The van der Waals surface area contributed by atoms with Crippen LogP contribution in [0, 0.1) is 13.8 Å². The zero-order valence-electron chi connectivity index (χ0n) is 17.1. The van der Waals surface area contributed by atoms with Crippen LogP contribution in [-0.4, -0.2) is 40.8 Å². The maximum atomic E-state index is 12.9. The molecule has 0 spiro atoms. The summed E-state index contributed by atoms with van der Waals surface area (Å²) in [6.07, 6.45) is 0.150. The zero-order valence-corrected chi connectivity index (χ0v) is 17.9. The molecular weight excluding hydrogens is 386 g/mol. The van der Waals surface area contributed by atoms with Crippen LogP contribution in [0.2, 0.25) is 0 Å². The third-order valence-electron chi connectivity index (χ3n) is 4.69. The Kier molecular flexibility index (Phi) is 6.59. The molecule has 152 valence electrons. The van der Waals surface area contributed by atoms with Gasteiger partial charge in [0.05, 0.1) is 12.8 Å². The number of rotatable bonds is 5. The number of nitrogens with one attached hydrogen (secondary N) is 1. The molecule has 0 saturated carbocycles. The van der Waals surface area contributed by atoms with Crippen molar-refractivity contribution in [3.05, 3.63) is 53.6 Å². The quantitative estimate of drug-likeness (QED) is 0.797. The molecule has 1 aliphatic rings. The average Bonchev–Trinajstić information content (AvgIpc) is 2.70. The maximum absolute atomic E-state index is 12.9. The molecule has 0 radical (unpaired) electrons. The average molecular weight is 412 g/mol. The number of anilines is 1. The van der Waals surface area contributed by atoms with Crippen LogP contribution >= 0.6 is 11.8 Å². The van der Waals surface area contributed by atoms with Gasteiger partial charge in [0, 0.05) is 18.7 Å². The Morgan fingerprint density at radius 2 is 1.97 bits per heavy atom. The summed E-state index contributed by atoms with van der Waals surface area (Å²) in [4.78, 5) is 31.7. The molecule has 1 atom stereocenters. The second kappa shape index (κ2) is 9.13. The van der Waals surface area contributed by atoms with Crippen molar-refractivity contribution in [1.29, 1.82) is 0 Å². The first-order valence-corrected chi connectivity index (χ1v) is 10.4. The van der Waals surface area contributed by atoms with Crippen molar-refractivity contribution >= 4 is 40.1 Å². The van der Waals surface area contributed by atoms with Crippen LogP contribution in [0.3, 0.4) is 0 Å². The Morgan fingerprint density at radius 1 is 1.24 bits per heavy atom. The Hall–Kier alpha value is -2.80. The first-order chi connectivity index (χ1) is 13.9. The molecule has 2 aromatic carbocycles. The van der Waals surface area contributed by atoms with E-state index in [1.807, 2.05) is 63.2 Å². The highest BCUT2D eigenvalue weighted by Crippen LogP contribution is 2.30. The van der Waals surface area contributed by atoms with Crippen LogP contribution in [0.25, 0.3) is 0 Å². The lowest BCUT2D eigenvalue weighted by molar-refractivity contribution is -0.129. The SMILES string of the molecule is CCN1C(=O)C[C@@H](C(=O)Nc2ccc(C)cc2C)SC1=Nc1ccc(OC)cc1. The van der Waals surface area contributed by atoms with Crippen molar-refractivity contribution in [3.8, 4) is 5.75 Å². The summed E-state index contributed by atoms with van der Waals surface area (Å²) in [6, 6.07) is 13.1. The largest absolute Gasteiger partial charge is 0.497 e. The summed E-state index contributed by atoms with van der Waals surface area (Å²) in [5.41, 5.74) is 3.60. The molecule has 1 heterocycles. The van der Waals surface area contributed by atoms with E-state index in [-0.39, 0.29) is 18.2 Å². The van der Waals surface area contributed by atoms with E-state index in [9.17, 15) is 9.59 Å². The predicted molar refractivity (Wildman–Crippen MR) is 118 cm³/mol. The number of thioether (sulfide) groups is 1. The van der Waals surface area contributed by atoms with Crippen molar-refractivity contribution < 1.29 is 14.3 Å². The molecule has 1 N–H and O–H groups in total. The van der Waals surface area contributed by atoms with Gasteiger partial charge in [0.15, 0.2) is 5.17 Å². The van der Waals surface area contributed by atoms with Gasteiger partial charge in [-0.2, -0.15) is 0 Å². The van der Waals surface area contributed by atoms with Gasteiger partial charge in [-0.25, -0.2) is 4.99 Å². The van der Waals surface area contributed by atoms with E-state index >= 15 is 0 Å². The highest BCUT2D eigenvalue weighted by molar-refractivity contribution is 8.15. The molecule has 3 rings (SSSR count). The van der Waals surface area contributed by atoms with Crippen molar-refractivity contribution in [1.82, 2.24) is 4.90 Å². The number of amides is 2. The van der Waals surface area contributed by atoms with Crippen molar-refractivity contribution in [3.63, 3.8) is 0 Å². The van der Waals surface area contributed by atoms with E-state index in [0.717, 1.165) is 22.6 Å². The van der Waals surface area contributed by atoms with Gasteiger partial charge in [0.1, 0.15) is 11.0 Å². The van der Waals surface area contributed by atoms with Crippen LogP contribution in [0.4, 0.5) is 11.4 Å². The highest BCUT2D eigenvalue weighted by Gasteiger charge is 2.35. The number of carbonyl (C=O) groups excluding carboxylic acids is 2. The predicted octanol–water partition coefficient (Wildman–Crippen LogP) is 4.29. The van der Waals surface area contributed by atoms with Crippen LogP contribution in [0.5, 0.6) is 5.75 Å². The summed E-state index contributed by atoms with van der Waals surface area (Å²) >= 11 is 1.32. The topological polar surface area (TPSA) is 71.0 Å². The van der Waals surface area contributed by atoms with E-state index in [1.54, 1.807) is 12.0 Å². The molecule has 2 amide bonds. The molecule has 1 saturated heterocycles. The zero-order chi connectivity index (χ0) is 21.0. The van der Waals surface area contributed by atoms with E-state index < -0.39 is 5.25 Å². The molecule has 0 bridgehead atoms. The third kappa shape index (κ3) is 4.98. The highest BCUT2D eigenvalue weighted by atomic mass is 32.2. The van der Waals surface area contributed by atoms with Gasteiger partial charge < -0.3 is 10.1 Å². The fourth-order valence-electron chi connectivity index (χ4n) is 3.09. The fourth-order valence-corrected chi connectivity index (χ4v) is 4.25. The second-order valence-electron chi connectivity index (χ2n) is 6.85. The molecular formula is C22H25N3O3S. The van der Waals surface area contributed by atoms with Crippen molar-refractivity contribution in [2.45, 2.75) is 32.4 Å². The number of hydrogen-bond acceptors (Lipinski definition) is 5. The number of carbonyl (C=O) groups is 2. The Balaban J connectivity index is 1.80. The van der Waals surface area contributed by atoms with Crippen molar-refractivity contribution in [2.24, 2.45) is 4.99 Å². The standard InChI is InChI=1S/C22H25N3O3S/c1-5-25-20(26)13-19(21(27)24-18-11-6-14(2)12-15(18)3)29-22(25)23-16-7-9-17(28-4)10-8-16/h6-12,19H,5,13H2,1-4H3,(H,24,27)/t19-/m0/s1. The summed E-state index contributed by atoms with van der Waals surface area (Å²) in [5, 5.41) is 2.97. The molecule has 7 heteroatoms. The van der Waals surface area contributed by atoms with Crippen molar-refractivity contribution in [2.75, 3.05) is 19.0 Å². The Morgan fingerprint density at radius 3 is 2.59 bits per heavy atom. The number of ether oxygens (including phenoxy) is 1. The first kappa shape index (κ1) is 20.9. The van der Waals surface area contributed by atoms with Crippen LogP contribution < -0.4 is 10.1 Å². The monoisotopic (exact) mass is 411 g/mol. The lowest BCUT2D eigenvalue weighted by atomic mass is 10.1. The van der Waals surface area contributed by atoms with E-state index in [1.165, 1.54) is 11.8 Å². The summed E-state index contributed by atoms with van der Waals surface area (Å²) in [7, 11) is 1.61. The van der Waals surface area contributed by atoms with Gasteiger partial charge in [-0.05, 0) is 56.7 Å². The number of amidine groups is 1. The number of methoxy groups -OCH3 is 1. The number of nitrogens with zero attached hydrogens (tertiary/aromatic N) is 2. The third-order valence-corrected chi connectivity index (χ3v) is 5.87. The number of hydrogen-bond donors (Lipinski definition) is 1. The lowest BCUT2D eigenvalue weighted by Gasteiger charge is -2.31. The molecule has 0 unspecified atom stereocenters. The molecule has 29 heavy (non-hydrogen) atoms. The smallest absolute Gasteiger partial charge is 0.238 e. The minimum atomic E-state index is -0.525. The van der Waals surface area contributed by atoms with Gasteiger partial charge in [0.25, 0.3) is 0 Å². The maximum Gasteiger partial charge on any atom is 0.238 e. The Labute approximate surface area is 175 Å². The molecule has 2 aromatic rings. The minimum Gasteiger partial charge on any atom is -0.497 e. The fraction of sp³-hybridized carbons (Fsp3) is 0.318. The van der Waals surface area contributed by atoms with Gasteiger partial charge in [-0.1, -0.05) is 29.5 Å². The second-order valence-corrected chi connectivity index (χ2v) is 8.02. The van der Waals surface area contributed by atoms with E-state index in [4.69, 9.17) is 4.74 Å². The Bertz CT molecular complexity index is 941. The summed E-state index contributed by atoms with van der Waals surface area (Å²) in [6.45, 7) is 6.37. The lowest BCUT2D eigenvalue weighted by Crippen LogP contribution is -2.45. The molecule has 6 nitrogen and oxygen atoms in total. The molecule has 1 fully saturated rings. The van der Waals surface area contributed by atoms with Crippen LogP contribution in [0.15, 0.2) is 47.5 Å². The number of benzene rings is 2. The van der Waals surface area contributed by atoms with Crippen LogP contribution in [0.1, 0.15) is 24.5 Å². The first-order valence-electron chi connectivity index (χ1n) is 9.49. The molecule has 0 aromatic heterocycles. The van der Waals surface area contributed by atoms with Crippen LogP contribution in [-0.2, 0) is 9.59 Å². The van der Waals surface area contributed by atoms with E-state index in [2.05, 4.69) is 10.3 Å². The normalized spacial score (nSPS) is 18.1. The molecule has 0 aliphatic carbocycles. The van der Waals surface area contributed by atoms with Gasteiger partial charge in [-0.3, -0.25) is 14.5 Å². The summed E-state index contributed by atoms with van der Waals surface area (Å²) < 4.78 is 5.17. The molecule has 1 aliphatic heterocycles. The van der Waals surface area contributed by atoms with Gasteiger partial charge >= 0.3 is 0 Å². The summed E-state index contributed by atoms with van der Waals surface area (Å²) in [5.74, 6) is 0.451.